The molecule has 5 rings (SSSR count). The standard InChI is InChI=1S/C32H35N7O4/c1-38-12-14-39(15-13-38)11-4-16-42-30-19-28-27(18-29(30)41-2)31(22(20-33)21-35-28)36-23-7-9-25(10-8-23)43-26-6-3-5-24(17-26)37-32(34)40/h3,5-10,17-19,21H,4,11-16H2,1-2H3,(H,35,36)(H3,34,37,40). The Morgan fingerprint density at radius 1 is 1.02 bits per heavy atom. The molecule has 0 atom stereocenters. The van der Waals surface area contributed by atoms with Gasteiger partial charge in [-0.05, 0) is 55.9 Å². The van der Waals surface area contributed by atoms with E-state index in [9.17, 15) is 10.1 Å². The van der Waals surface area contributed by atoms with Crippen molar-refractivity contribution in [3.63, 3.8) is 0 Å². The fourth-order valence-corrected chi connectivity index (χ4v) is 4.90. The SMILES string of the molecule is COc1cc2c(Nc3ccc(Oc4cccc(NC(N)=O)c4)cc3)c(C#N)cnc2cc1OCCCN1CCN(C)CC1. The first-order valence-electron chi connectivity index (χ1n) is 14.1. The minimum absolute atomic E-state index is 0.398. The molecule has 1 aromatic heterocycles. The topological polar surface area (TPSA) is 138 Å². The summed E-state index contributed by atoms with van der Waals surface area (Å²) >= 11 is 0. The summed E-state index contributed by atoms with van der Waals surface area (Å²) in [4.78, 5) is 20.5. The van der Waals surface area contributed by atoms with Crippen molar-refractivity contribution in [1.82, 2.24) is 14.8 Å². The average molecular weight is 582 g/mol. The van der Waals surface area contributed by atoms with E-state index in [1.165, 1.54) is 0 Å². The third-order valence-electron chi connectivity index (χ3n) is 7.21. The van der Waals surface area contributed by atoms with Gasteiger partial charge < -0.3 is 40.4 Å². The minimum atomic E-state index is -0.647. The van der Waals surface area contributed by atoms with Crippen molar-refractivity contribution < 1.29 is 19.0 Å². The number of nitrogens with zero attached hydrogens (tertiary/aromatic N) is 4. The molecule has 1 aliphatic rings. The van der Waals surface area contributed by atoms with E-state index in [1.807, 2.05) is 24.3 Å². The number of nitrogens with two attached hydrogens (primary N) is 1. The number of methoxy groups -OCH3 is 1. The minimum Gasteiger partial charge on any atom is -0.493 e. The van der Waals surface area contributed by atoms with Gasteiger partial charge in [-0.2, -0.15) is 5.26 Å². The van der Waals surface area contributed by atoms with Crippen molar-refractivity contribution in [3.8, 4) is 29.1 Å². The molecule has 0 spiro atoms. The smallest absolute Gasteiger partial charge is 0.316 e. The molecule has 0 unspecified atom stereocenters. The molecule has 43 heavy (non-hydrogen) atoms. The van der Waals surface area contributed by atoms with Crippen molar-refractivity contribution in [3.05, 3.63) is 72.4 Å². The summed E-state index contributed by atoms with van der Waals surface area (Å²) < 4.78 is 17.7. The van der Waals surface area contributed by atoms with Crippen LogP contribution < -0.4 is 30.6 Å². The number of fused-ring (bicyclic) bond motifs is 1. The number of rotatable bonds is 11. The number of nitrogens with one attached hydrogen (secondary N) is 2. The van der Waals surface area contributed by atoms with Crippen LogP contribution in [0.4, 0.5) is 21.9 Å². The summed E-state index contributed by atoms with van der Waals surface area (Å²) in [6.07, 6.45) is 2.47. The predicted molar refractivity (Wildman–Crippen MR) is 167 cm³/mol. The number of aromatic nitrogens is 1. The summed E-state index contributed by atoms with van der Waals surface area (Å²) in [7, 11) is 3.76. The number of ether oxygens (including phenoxy) is 3. The maximum Gasteiger partial charge on any atom is 0.316 e. The molecule has 0 saturated carbocycles. The van der Waals surface area contributed by atoms with Crippen LogP contribution in [0.5, 0.6) is 23.0 Å². The summed E-state index contributed by atoms with van der Waals surface area (Å²) in [5, 5.41) is 16.5. The predicted octanol–water partition coefficient (Wildman–Crippen LogP) is 5.16. The number of carbonyl (C=O) groups excluding carboxylic acids is 1. The molecule has 222 valence electrons. The first kappa shape index (κ1) is 29.4. The molecule has 0 bridgehead atoms. The number of hydrogen-bond donors (Lipinski definition) is 3. The number of urea groups is 1. The van der Waals surface area contributed by atoms with Crippen LogP contribution in [0, 0.1) is 11.3 Å². The zero-order valence-corrected chi connectivity index (χ0v) is 24.3. The lowest BCUT2D eigenvalue weighted by Gasteiger charge is -2.32. The molecule has 1 fully saturated rings. The zero-order chi connectivity index (χ0) is 30.2. The van der Waals surface area contributed by atoms with Crippen molar-refractivity contribution in [2.24, 2.45) is 5.73 Å². The number of amides is 2. The van der Waals surface area contributed by atoms with Gasteiger partial charge in [-0.25, -0.2) is 4.79 Å². The quantitative estimate of drug-likeness (QED) is 0.205. The number of benzene rings is 3. The van der Waals surface area contributed by atoms with E-state index < -0.39 is 6.03 Å². The summed E-state index contributed by atoms with van der Waals surface area (Å²) in [5.74, 6) is 2.33. The van der Waals surface area contributed by atoms with Crippen LogP contribution in [0.1, 0.15) is 12.0 Å². The van der Waals surface area contributed by atoms with Gasteiger partial charge in [0.25, 0.3) is 0 Å². The van der Waals surface area contributed by atoms with E-state index in [4.69, 9.17) is 19.9 Å². The summed E-state index contributed by atoms with van der Waals surface area (Å²) in [5.41, 5.74) is 8.18. The highest BCUT2D eigenvalue weighted by atomic mass is 16.5. The third kappa shape index (κ3) is 7.62. The molecule has 1 aliphatic heterocycles. The van der Waals surface area contributed by atoms with Crippen molar-refractivity contribution in [1.29, 1.82) is 5.26 Å². The van der Waals surface area contributed by atoms with Gasteiger partial charge in [-0.15, -0.1) is 0 Å². The molecule has 1 saturated heterocycles. The Bertz CT molecular complexity index is 1610. The van der Waals surface area contributed by atoms with Crippen molar-refractivity contribution >= 4 is 34.0 Å². The van der Waals surface area contributed by atoms with E-state index in [1.54, 1.807) is 49.7 Å². The normalized spacial score (nSPS) is 13.7. The van der Waals surface area contributed by atoms with Crippen LogP contribution in [0.15, 0.2) is 66.9 Å². The molecule has 0 aliphatic carbocycles. The highest BCUT2D eigenvalue weighted by Crippen LogP contribution is 2.37. The maximum atomic E-state index is 11.1. The molecular formula is C32H35N7O4. The van der Waals surface area contributed by atoms with Gasteiger partial charge in [0, 0.05) is 67.8 Å². The number of likely N-dealkylation sites (N-methyl/N-ethyl adjacent to an activating group) is 1. The van der Waals surface area contributed by atoms with Gasteiger partial charge >= 0.3 is 6.03 Å². The molecule has 2 heterocycles. The zero-order valence-electron chi connectivity index (χ0n) is 24.3. The molecule has 11 heteroatoms. The second-order valence-corrected chi connectivity index (χ2v) is 10.3. The molecule has 4 aromatic rings. The Balaban J connectivity index is 1.29. The molecule has 2 amide bonds. The van der Waals surface area contributed by atoms with E-state index >= 15 is 0 Å². The molecule has 4 N–H and O–H groups in total. The first-order chi connectivity index (χ1) is 20.9. The lowest BCUT2D eigenvalue weighted by atomic mass is 10.1. The number of nitriles is 1. The van der Waals surface area contributed by atoms with E-state index in [0.29, 0.717) is 52.1 Å². The first-order valence-corrected chi connectivity index (χ1v) is 14.1. The van der Waals surface area contributed by atoms with Gasteiger partial charge in [-0.3, -0.25) is 4.98 Å². The van der Waals surface area contributed by atoms with Crippen LogP contribution in [0.3, 0.4) is 0 Å². The van der Waals surface area contributed by atoms with Crippen LogP contribution in [0.2, 0.25) is 0 Å². The van der Waals surface area contributed by atoms with E-state index in [2.05, 4.69) is 38.5 Å². The van der Waals surface area contributed by atoms with Crippen LogP contribution in [-0.4, -0.2) is 74.3 Å². The number of hydrogen-bond acceptors (Lipinski definition) is 9. The van der Waals surface area contributed by atoms with Crippen molar-refractivity contribution in [2.75, 3.05) is 64.1 Å². The third-order valence-corrected chi connectivity index (χ3v) is 7.21. The fraction of sp³-hybridized carbons (Fsp3) is 0.281. The molecule has 11 nitrogen and oxygen atoms in total. The second kappa shape index (κ2) is 13.7. The Kier molecular flexibility index (Phi) is 9.41. The number of carbonyl (C=O) groups is 1. The van der Waals surface area contributed by atoms with Crippen LogP contribution >= 0.6 is 0 Å². The van der Waals surface area contributed by atoms with Gasteiger partial charge in [-0.1, -0.05) is 6.07 Å². The van der Waals surface area contributed by atoms with E-state index in [0.717, 1.165) is 50.2 Å². The molecule has 3 aromatic carbocycles. The Labute approximate surface area is 250 Å². The Morgan fingerprint density at radius 2 is 1.81 bits per heavy atom. The lowest BCUT2D eigenvalue weighted by Crippen LogP contribution is -2.44. The maximum absolute atomic E-state index is 11.1. The van der Waals surface area contributed by atoms with Crippen molar-refractivity contribution in [2.45, 2.75) is 6.42 Å². The molecule has 0 radical (unpaired) electrons. The van der Waals surface area contributed by atoms with Crippen LogP contribution in [0.25, 0.3) is 10.9 Å². The van der Waals surface area contributed by atoms with Gasteiger partial charge in [0.2, 0.25) is 0 Å². The van der Waals surface area contributed by atoms with Gasteiger partial charge in [0.1, 0.15) is 17.6 Å². The highest BCUT2D eigenvalue weighted by Gasteiger charge is 2.16. The highest BCUT2D eigenvalue weighted by molar-refractivity contribution is 5.97. The number of anilines is 3. The Morgan fingerprint density at radius 3 is 2.53 bits per heavy atom. The summed E-state index contributed by atoms with van der Waals surface area (Å²) in [6.45, 7) is 5.90. The number of pyridine rings is 1. The van der Waals surface area contributed by atoms with Gasteiger partial charge in [0.05, 0.1) is 30.5 Å². The number of piperazine rings is 1. The van der Waals surface area contributed by atoms with E-state index in [-0.39, 0.29) is 0 Å². The largest absolute Gasteiger partial charge is 0.493 e. The van der Waals surface area contributed by atoms with Crippen LogP contribution in [-0.2, 0) is 0 Å². The lowest BCUT2D eigenvalue weighted by molar-refractivity contribution is 0.145. The molecular weight excluding hydrogens is 546 g/mol. The fourth-order valence-electron chi connectivity index (χ4n) is 4.90. The number of primary amides is 1. The van der Waals surface area contributed by atoms with Gasteiger partial charge in [0.15, 0.2) is 11.5 Å². The second-order valence-electron chi connectivity index (χ2n) is 10.3. The summed E-state index contributed by atoms with van der Waals surface area (Å²) in [6, 6.07) is 19.5. The average Bonchev–Trinajstić information content (AvgIpc) is 3.01. The monoisotopic (exact) mass is 581 g/mol. The Hall–Kier alpha value is -5.05.